The summed E-state index contributed by atoms with van der Waals surface area (Å²) in [5.74, 6) is 2.46. The van der Waals surface area contributed by atoms with Gasteiger partial charge in [-0.25, -0.2) is 0 Å². The molecule has 0 aliphatic carbocycles. The lowest BCUT2D eigenvalue weighted by molar-refractivity contribution is 0.263. The molecule has 6 heteroatoms. The molecule has 0 saturated carbocycles. The van der Waals surface area contributed by atoms with Crippen LogP contribution in [0.1, 0.15) is 16.9 Å². The first-order valence-electron chi connectivity index (χ1n) is 8.38. The molecule has 0 aliphatic heterocycles. The Hall–Kier alpha value is -2.86. The molecule has 3 rings (SSSR count). The first kappa shape index (κ1) is 17.9. The Morgan fingerprint density at radius 1 is 1.04 bits per heavy atom. The van der Waals surface area contributed by atoms with Crippen LogP contribution < -0.4 is 9.47 Å². The lowest BCUT2D eigenvalue weighted by Crippen LogP contribution is -2.17. The van der Waals surface area contributed by atoms with Crippen molar-refractivity contribution in [1.29, 1.82) is 0 Å². The first-order valence-corrected chi connectivity index (χ1v) is 8.38. The van der Waals surface area contributed by atoms with Crippen LogP contribution in [0.25, 0.3) is 11.4 Å². The van der Waals surface area contributed by atoms with E-state index in [1.54, 1.807) is 20.4 Å². The Morgan fingerprint density at radius 3 is 2.58 bits per heavy atom. The molecule has 0 spiro atoms. The number of aromatic nitrogens is 2. The molecule has 0 bridgehead atoms. The maximum absolute atomic E-state index is 5.58. The highest BCUT2D eigenvalue weighted by Crippen LogP contribution is 2.32. The van der Waals surface area contributed by atoms with Gasteiger partial charge in [-0.15, -0.1) is 0 Å². The van der Waals surface area contributed by atoms with Crippen LogP contribution in [0.5, 0.6) is 11.5 Å². The van der Waals surface area contributed by atoms with Crippen LogP contribution in [0.2, 0.25) is 0 Å². The van der Waals surface area contributed by atoms with Crippen LogP contribution in [-0.4, -0.2) is 36.3 Å². The Bertz CT molecular complexity index is 862. The van der Waals surface area contributed by atoms with Gasteiger partial charge >= 0.3 is 0 Å². The molecule has 0 atom stereocenters. The second kappa shape index (κ2) is 8.01. The fraction of sp³-hybridized carbons (Fsp3) is 0.300. The molecular weight excluding hydrogens is 330 g/mol. The molecule has 0 amide bonds. The van der Waals surface area contributed by atoms with Gasteiger partial charge in [0.05, 0.1) is 26.5 Å². The second-order valence-electron chi connectivity index (χ2n) is 6.15. The average Bonchev–Trinajstić information content (AvgIpc) is 3.11. The van der Waals surface area contributed by atoms with E-state index in [1.807, 2.05) is 50.4 Å². The minimum atomic E-state index is 0.633. The maximum atomic E-state index is 5.58. The topological polar surface area (TPSA) is 60.6 Å². The van der Waals surface area contributed by atoms with E-state index < -0.39 is 0 Å². The van der Waals surface area contributed by atoms with Crippen molar-refractivity contribution in [2.24, 2.45) is 0 Å². The van der Waals surface area contributed by atoms with Crippen molar-refractivity contribution in [3.05, 3.63) is 59.5 Å². The highest BCUT2D eigenvalue weighted by atomic mass is 16.5. The van der Waals surface area contributed by atoms with Gasteiger partial charge in [0.1, 0.15) is 17.2 Å². The zero-order valence-electron chi connectivity index (χ0n) is 15.5. The van der Waals surface area contributed by atoms with Crippen molar-refractivity contribution in [2.45, 2.75) is 20.0 Å². The lowest BCUT2D eigenvalue weighted by atomic mass is 10.1. The molecule has 2 aromatic heterocycles. The van der Waals surface area contributed by atoms with Crippen molar-refractivity contribution >= 4 is 0 Å². The molecule has 3 aromatic rings. The van der Waals surface area contributed by atoms with E-state index >= 15 is 0 Å². The van der Waals surface area contributed by atoms with Crippen molar-refractivity contribution in [2.75, 3.05) is 21.3 Å². The number of rotatable bonds is 7. The largest absolute Gasteiger partial charge is 0.496 e. The summed E-state index contributed by atoms with van der Waals surface area (Å²) in [7, 11) is 5.37. The Kier molecular flexibility index (Phi) is 5.53. The van der Waals surface area contributed by atoms with Crippen molar-refractivity contribution in [3.8, 4) is 22.9 Å². The fourth-order valence-electron chi connectivity index (χ4n) is 2.99. The molecule has 0 aliphatic rings. The number of methoxy groups -OCH3 is 2. The minimum absolute atomic E-state index is 0.633. The predicted molar refractivity (Wildman–Crippen MR) is 99.2 cm³/mol. The van der Waals surface area contributed by atoms with Gasteiger partial charge in [-0.1, -0.05) is 17.3 Å². The van der Waals surface area contributed by atoms with E-state index in [0.717, 1.165) is 39.8 Å². The Balaban J connectivity index is 1.71. The van der Waals surface area contributed by atoms with Crippen LogP contribution in [0.3, 0.4) is 0 Å². The van der Waals surface area contributed by atoms with E-state index in [9.17, 15) is 0 Å². The first-order chi connectivity index (χ1) is 12.6. The summed E-state index contributed by atoms with van der Waals surface area (Å²) in [6.07, 6.45) is 1.74. The average molecular weight is 353 g/mol. The standard InChI is InChI=1S/C20H23N3O3/c1-14-19(24-3)9-8-15(20(14)25-4)12-23(2)13-16-11-18(22-26-16)17-7-5-6-10-21-17/h5-11H,12-13H2,1-4H3. The summed E-state index contributed by atoms with van der Waals surface area (Å²) in [5.41, 5.74) is 3.64. The lowest BCUT2D eigenvalue weighted by Gasteiger charge is -2.19. The molecule has 0 N–H and O–H groups in total. The van der Waals surface area contributed by atoms with Crippen LogP contribution >= 0.6 is 0 Å². The Labute approximate surface area is 153 Å². The normalized spacial score (nSPS) is 11.0. The summed E-state index contributed by atoms with van der Waals surface area (Å²) in [4.78, 5) is 6.44. The van der Waals surface area contributed by atoms with Crippen molar-refractivity contribution in [3.63, 3.8) is 0 Å². The van der Waals surface area contributed by atoms with Gasteiger partial charge < -0.3 is 14.0 Å². The molecular formula is C20H23N3O3. The number of benzene rings is 1. The maximum Gasteiger partial charge on any atom is 0.151 e. The third-order valence-electron chi connectivity index (χ3n) is 4.21. The molecule has 136 valence electrons. The minimum Gasteiger partial charge on any atom is -0.496 e. The van der Waals surface area contributed by atoms with Gasteiger partial charge in [0.25, 0.3) is 0 Å². The quantitative estimate of drug-likeness (QED) is 0.645. The summed E-state index contributed by atoms with van der Waals surface area (Å²) in [6.45, 7) is 3.35. The number of ether oxygens (including phenoxy) is 2. The molecule has 2 heterocycles. The van der Waals surface area contributed by atoms with Crippen LogP contribution in [-0.2, 0) is 13.1 Å². The third-order valence-corrected chi connectivity index (χ3v) is 4.21. The monoisotopic (exact) mass is 353 g/mol. The molecule has 26 heavy (non-hydrogen) atoms. The molecule has 0 unspecified atom stereocenters. The van der Waals surface area contributed by atoms with Gasteiger partial charge in [-0.05, 0) is 32.2 Å². The van der Waals surface area contributed by atoms with E-state index in [-0.39, 0.29) is 0 Å². The highest BCUT2D eigenvalue weighted by molar-refractivity contribution is 5.53. The van der Waals surface area contributed by atoms with Gasteiger partial charge in [0.15, 0.2) is 5.76 Å². The summed E-state index contributed by atoms with van der Waals surface area (Å²) < 4.78 is 16.4. The zero-order valence-corrected chi connectivity index (χ0v) is 15.5. The van der Waals surface area contributed by atoms with Gasteiger partial charge in [-0.2, -0.15) is 0 Å². The molecule has 0 saturated heterocycles. The van der Waals surface area contributed by atoms with E-state index in [2.05, 4.69) is 15.0 Å². The van der Waals surface area contributed by atoms with E-state index in [0.29, 0.717) is 13.1 Å². The SMILES string of the molecule is COc1ccc(CN(C)Cc2cc(-c3ccccn3)no2)c(OC)c1C. The summed E-state index contributed by atoms with van der Waals surface area (Å²) in [6, 6.07) is 11.6. The highest BCUT2D eigenvalue weighted by Gasteiger charge is 2.15. The second-order valence-corrected chi connectivity index (χ2v) is 6.15. The molecule has 1 aromatic carbocycles. The number of hydrogen-bond acceptors (Lipinski definition) is 6. The number of nitrogens with zero attached hydrogens (tertiary/aromatic N) is 3. The van der Waals surface area contributed by atoms with Crippen LogP contribution in [0.15, 0.2) is 47.1 Å². The van der Waals surface area contributed by atoms with Crippen LogP contribution in [0, 0.1) is 6.92 Å². The number of hydrogen-bond donors (Lipinski definition) is 0. The van der Waals surface area contributed by atoms with Crippen molar-refractivity contribution < 1.29 is 14.0 Å². The molecule has 6 nitrogen and oxygen atoms in total. The van der Waals surface area contributed by atoms with E-state index in [4.69, 9.17) is 14.0 Å². The van der Waals surface area contributed by atoms with Crippen molar-refractivity contribution in [1.82, 2.24) is 15.0 Å². The van der Waals surface area contributed by atoms with E-state index in [1.165, 1.54) is 0 Å². The number of pyridine rings is 1. The van der Waals surface area contributed by atoms with Gasteiger partial charge in [-0.3, -0.25) is 9.88 Å². The summed E-state index contributed by atoms with van der Waals surface area (Å²) >= 11 is 0. The third kappa shape index (κ3) is 3.86. The van der Waals surface area contributed by atoms with Crippen LogP contribution in [0.4, 0.5) is 0 Å². The fourth-order valence-corrected chi connectivity index (χ4v) is 2.99. The van der Waals surface area contributed by atoms with Gasteiger partial charge in [0, 0.05) is 29.9 Å². The summed E-state index contributed by atoms with van der Waals surface area (Å²) in [5, 5.41) is 4.11. The smallest absolute Gasteiger partial charge is 0.151 e. The molecule has 0 radical (unpaired) electrons. The molecule has 0 fully saturated rings. The predicted octanol–water partition coefficient (Wildman–Crippen LogP) is 3.69. The Morgan fingerprint density at radius 2 is 1.88 bits per heavy atom. The van der Waals surface area contributed by atoms with Gasteiger partial charge in [0.2, 0.25) is 0 Å². The zero-order chi connectivity index (χ0) is 18.5.